The number of nitrogens with one attached hydrogen (secondary N) is 1. The molecule has 7 nitrogen and oxygen atoms in total. The van der Waals surface area contributed by atoms with Gasteiger partial charge in [0.05, 0.1) is 10.6 Å². The van der Waals surface area contributed by atoms with Crippen LogP contribution in [0, 0.1) is 6.92 Å². The number of anilines is 1. The number of benzene rings is 3. The molecule has 0 unspecified atom stereocenters. The van der Waals surface area contributed by atoms with Crippen molar-refractivity contribution in [2.45, 2.75) is 89.2 Å². The summed E-state index contributed by atoms with van der Waals surface area (Å²) < 4.78 is 29.3. The smallest absolute Gasteiger partial charge is 0.264 e. The number of para-hydroxylation sites is 1. The molecule has 224 valence electrons. The third-order valence-electron chi connectivity index (χ3n) is 8.06. The summed E-state index contributed by atoms with van der Waals surface area (Å²) in [5, 5.41) is 3.19. The summed E-state index contributed by atoms with van der Waals surface area (Å²) in [4.78, 5) is 29.7. The van der Waals surface area contributed by atoms with Crippen molar-refractivity contribution >= 4 is 27.5 Å². The molecule has 3 aromatic rings. The van der Waals surface area contributed by atoms with Gasteiger partial charge >= 0.3 is 0 Å². The van der Waals surface area contributed by atoms with Crippen molar-refractivity contribution in [3.05, 3.63) is 95.6 Å². The molecule has 1 N–H and O–H groups in total. The molecule has 1 saturated carbocycles. The van der Waals surface area contributed by atoms with Crippen LogP contribution in [-0.2, 0) is 32.6 Å². The summed E-state index contributed by atoms with van der Waals surface area (Å²) in [6, 6.07) is 22.7. The predicted octanol–water partition coefficient (Wildman–Crippen LogP) is 6.01. The van der Waals surface area contributed by atoms with Crippen molar-refractivity contribution in [2.75, 3.05) is 10.8 Å². The molecule has 1 fully saturated rings. The minimum absolute atomic E-state index is 0.100. The van der Waals surface area contributed by atoms with Gasteiger partial charge in [-0.2, -0.15) is 0 Å². The second-order valence-corrected chi connectivity index (χ2v) is 12.9. The van der Waals surface area contributed by atoms with Gasteiger partial charge in [0.2, 0.25) is 11.8 Å². The molecule has 2 amide bonds. The first kappa shape index (κ1) is 31.3. The Morgan fingerprint density at radius 3 is 2.17 bits per heavy atom. The van der Waals surface area contributed by atoms with Gasteiger partial charge in [0.15, 0.2) is 0 Å². The second kappa shape index (κ2) is 14.5. The fourth-order valence-electron chi connectivity index (χ4n) is 5.64. The van der Waals surface area contributed by atoms with Gasteiger partial charge in [-0.15, -0.1) is 0 Å². The van der Waals surface area contributed by atoms with Gasteiger partial charge in [0.25, 0.3) is 10.0 Å². The molecule has 0 spiro atoms. The van der Waals surface area contributed by atoms with Gasteiger partial charge in [0, 0.05) is 12.6 Å². The highest BCUT2D eigenvalue weighted by atomic mass is 32.2. The Bertz CT molecular complexity index is 1440. The van der Waals surface area contributed by atoms with Crippen molar-refractivity contribution < 1.29 is 18.0 Å². The minimum atomic E-state index is -4.08. The molecule has 3 aromatic carbocycles. The van der Waals surface area contributed by atoms with Crippen LogP contribution in [-0.4, -0.2) is 43.8 Å². The van der Waals surface area contributed by atoms with E-state index in [1.54, 1.807) is 35.2 Å². The number of nitrogens with zero attached hydrogens (tertiary/aromatic N) is 2. The van der Waals surface area contributed by atoms with Gasteiger partial charge in [-0.25, -0.2) is 8.42 Å². The summed E-state index contributed by atoms with van der Waals surface area (Å²) >= 11 is 0. The lowest BCUT2D eigenvalue weighted by Gasteiger charge is -2.35. The predicted molar refractivity (Wildman–Crippen MR) is 168 cm³/mol. The first-order chi connectivity index (χ1) is 20.2. The second-order valence-electron chi connectivity index (χ2n) is 11.1. The van der Waals surface area contributed by atoms with Crippen LogP contribution < -0.4 is 9.62 Å². The molecule has 0 aliphatic heterocycles. The van der Waals surface area contributed by atoms with Crippen LogP contribution in [0.15, 0.2) is 83.8 Å². The number of carbonyl (C=O) groups is 2. The zero-order chi connectivity index (χ0) is 30.1. The normalized spacial score (nSPS) is 14.6. The Morgan fingerprint density at radius 1 is 0.881 bits per heavy atom. The lowest BCUT2D eigenvalue weighted by molar-refractivity contribution is -0.140. The number of sulfonamides is 1. The number of carbonyl (C=O) groups excluding carboxylic acids is 2. The molecule has 42 heavy (non-hydrogen) atoms. The van der Waals surface area contributed by atoms with Gasteiger partial charge in [-0.3, -0.25) is 13.9 Å². The SMILES string of the molecule is CCc1ccccc1N(CC(=O)N(Cc1ccc(C)cc1)[C@H](CC)C(=O)NC1CCCCC1)S(=O)(=O)c1ccccc1. The highest BCUT2D eigenvalue weighted by Crippen LogP contribution is 2.28. The van der Waals surface area contributed by atoms with Crippen molar-refractivity contribution in [3.63, 3.8) is 0 Å². The standard InChI is InChI=1S/C34H43N3O4S/c1-4-28-14-12-13-19-32(28)37(42(40,41)30-17-10-7-11-18-30)25-33(38)36(24-27-22-20-26(3)21-23-27)31(5-2)34(39)35-29-15-8-6-9-16-29/h7,10-14,17-23,29,31H,4-6,8-9,15-16,24-25H2,1-3H3,(H,35,39)/t31-/m1/s1. The molecule has 0 heterocycles. The molecule has 1 atom stereocenters. The Labute approximate surface area is 251 Å². The monoisotopic (exact) mass is 589 g/mol. The van der Waals surface area contributed by atoms with E-state index in [2.05, 4.69) is 5.32 Å². The fourth-order valence-corrected chi connectivity index (χ4v) is 7.11. The quantitative estimate of drug-likeness (QED) is 0.280. The molecule has 8 heteroatoms. The van der Waals surface area contributed by atoms with E-state index in [0.717, 1.165) is 42.4 Å². The van der Waals surface area contributed by atoms with Crippen LogP contribution >= 0.6 is 0 Å². The van der Waals surface area contributed by atoms with Crippen LogP contribution in [0.5, 0.6) is 0 Å². The van der Waals surface area contributed by atoms with Gasteiger partial charge < -0.3 is 10.2 Å². The average Bonchev–Trinajstić information content (AvgIpc) is 3.01. The Balaban J connectivity index is 1.72. The summed E-state index contributed by atoms with van der Waals surface area (Å²) in [6.07, 6.45) is 6.21. The lowest BCUT2D eigenvalue weighted by Crippen LogP contribution is -2.54. The fraction of sp³-hybridized carbons (Fsp3) is 0.412. The number of hydrogen-bond acceptors (Lipinski definition) is 4. The summed E-state index contributed by atoms with van der Waals surface area (Å²) in [7, 11) is -4.08. The number of hydrogen-bond donors (Lipinski definition) is 1. The highest BCUT2D eigenvalue weighted by molar-refractivity contribution is 7.92. The number of aryl methyl sites for hydroxylation is 2. The van der Waals surface area contributed by atoms with Gasteiger partial charge in [0.1, 0.15) is 12.6 Å². The van der Waals surface area contributed by atoms with Crippen molar-refractivity contribution in [1.29, 1.82) is 0 Å². The summed E-state index contributed by atoms with van der Waals surface area (Å²) in [6.45, 7) is 5.63. The van der Waals surface area contributed by atoms with E-state index < -0.39 is 28.5 Å². The van der Waals surface area contributed by atoms with Crippen LogP contribution in [0.1, 0.15) is 69.1 Å². The highest BCUT2D eigenvalue weighted by Gasteiger charge is 2.35. The molecule has 1 aliphatic carbocycles. The summed E-state index contributed by atoms with van der Waals surface area (Å²) in [5.74, 6) is -0.608. The van der Waals surface area contributed by atoms with E-state index in [1.165, 1.54) is 22.9 Å². The van der Waals surface area contributed by atoms with E-state index in [4.69, 9.17) is 0 Å². The van der Waals surface area contributed by atoms with E-state index in [0.29, 0.717) is 18.5 Å². The van der Waals surface area contributed by atoms with E-state index >= 15 is 0 Å². The van der Waals surface area contributed by atoms with Crippen LogP contribution in [0.25, 0.3) is 0 Å². The zero-order valence-corrected chi connectivity index (χ0v) is 25.8. The maximum Gasteiger partial charge on any atom is 0.264 e. The minimum Gasteiger partial charge on any atom is -0.352 e. The van der Waals surface area contributed by atoms with E-state index in [-0.39, 0.29) is 23.4 Å². The molecule has 1 aliphatic rings. The zero-order valence-electron chi connectivity index (χ0n) is 25.0. The van der Waals surface area contributed by atoms with Crippen molar-refractivity contribution in [2.24, 2.45) is 0 Å². The molecule has 0 bridgehead atoms. The van der Waals surface area contributed by atoms with Crippen LogP contribution in [0.4, 0.5) is 5.69 Å². The Kier molecular flexibility index (Phi) is 10.8. The van der Waals surface area contributed by atoms with E-state index in [1.807, 2.05) is 57.2 Å². The van der Waals surface area contributed by atoms with Gasteiger partial charge in [-0.05, 0) is 61.9 Å². The van der Waals surface area contributed by atoms with Gasteiger partial charge in [-0.1, -0.05) is 99.3 Å². The third kappa shape index (κ3) is 7.59. The maximum atomic E-state index is 14.3. The molecule has 0 aromatic heterocycles. The Hall–Kier alpha value is -3.65. The first-order valence-corrected chi connectivity index (χ1v) is 16.5. The first-order valence-electron chi connectivity index (χ1n) is 15.1. The molecular weight excluding hydrogens is 546 g/mol. The Morgan fingerprint density at radius 2 is 1.52 bits per heavy atom. The van der Waals surface area contributed by atoms with Crippen molar-refractivity contribution in [3.8, 4) is 0 Å². The molecular formula is C34H43N3O4S. The summed E-state index contributed by atoms with van der Waals surface area (Å²) in [5.41, 5.74) is 3.25. The maximum absolute atomic E-state index is 14.3. The van der Waals surface area contributed by atoms with E-state index in [9.17, 15) is 18.0 Å². The van der Waals surface area contributed by atoms with Crippen molar-refractivity contribution in [1.82, 2.24) is 10.2 Å². The third-order valence-corrected chi connectivity index (χ3v) is 9.84. The lowest BCUT2D eigenvalue weighted by atomic mass is 9.95. The van der Waals surface area contributed by atoms with Crippen LogP contribution in [0.2, 0.25) is 0 Å². The molecule has 4 rings (SSSR count). The molecule has 0 saturated heterocycles. The average molecular weight is 590 g/mol. The van der Waals surface area contributed by atoms with Crippen LogP contribution in [0.3, 0.4) is 0 Å². The molecule has 0 radical (unpaired) electrons. The largest absolute Gasteiger partial charge is 0.352 e. The number of amides is 2. The number of rotatable bonds is 12. The topological polar surface area (TPSA) is 86.8 Å².